The molecule has 0 saturated heterocycles. The quantitative estimate of drug-likeness (QED) is 0.487. The summed E-state index contributed by atoms with van der Waals surface area (Å²) in [4.78, 5) is 11.3. The van der Waals surface area contributed by atoms with Crippen molar-refractivity contribution in [3.05, 3.63) is 66.4 Å². The number of aromatic nitrogens is 1. The van der Waals surface area contributed by atoms with E-state index < -0.39 is 11.6 Å². The first kappa shape index (κ1) is 20.5. The number of carbonyl (C=O) groups is 1. The highest BCUT2D eigenvalue weighted by Crippen LogP contribution is 2.24. The van der Waals surface area contributed by atoms with Crippen LogP contribution in [0.3, 0.4) is 0 Å². The largest absolute Gasteiger partial charge is 0.494 e. The molecule has 2 aromatic carbocycles. The molecule has 0 amide bonds. The molecule has 0 aliphatic carbocycles. The maximum absolute atomic E-state index is 11.3. The number of benzene rings is 2. The molecular formula is C23H25NO5. The van der Waals surface area contributed by atoms with Gasteiger partial charge in [0.05, 0.1) is 6.61 Å². The molecule has 0 fully saturated rings. The minimum atomic E-state index is -1.24. The van der Waals surface area contributed by atoms with Gasteiger partial charge in [-0.05, 0) is 44.0 Å². The van der Waals surface area contributed by atoms with E-state index in [1.54, 1.807) is 38.1 Å². The summed E-state index contributed by atoms with van der Waals surface area (Å²) in [6, 6.07) is 18.8. The second-order valence-electron chi connectivity index (χ2n) is 6.96. The highest BCUT2D eigenvalue weighted by atomic mass is 16.5. The number of carboxylic acids is 1. The predicted octanol–water partition coefficient (Wildman–Crippen LogP) is 4.99. The van der Waals surface area contributed by atoms with Crippen LogP contribution in [0.5, 0.6) is 11.5 Å². The van der Waals surface area contributed by atoms with Crippen LogP contribution in [0.25, 0.3) is 11.3 Å². The van der Waals surface area contributed by atoms with Gasteiger partial charge in [-0.25, -0.2) is 4.79 Å². The Bertz CT molecular complexity index is 920. The van der Waals surface area contributed by atoms with Gasteiger partial charge in [-0.2, -0.15) is 0 Å². The average Bonchev–Trinajstić information content (AvgIpc) is 3.22. The lowest BCUT2D eigenvalue weighted by Crippen LogP contribution is -2.40. The molecule has 0 bridgehead atoms. The van der Waals surface area contributed by atoms with Crippen molar-refractivity contribution in [1.82, 2.24) is 5.16 Å². The van der Waals surface area contributed by atoms with Crippen molar-refractivity contribution in [3.63, 3.8) is 0 Å². The van der Waals surface area contributed by atoms with E-state index in [9.17, 15) is 9.90 Å². The topological polar surface area (TPSA) is 81.8 Å². The maximum atomic E-state index is 11.3. The lowest BCUT2D eigenvalue weighted by atomic mass is 10.0. The van der Waals surface area contributed by atoms with Crippen LogP contribution in [0.2, 0.25) is 0 Å². The zero-order valence-electron chi connectivity index (χ0n) is 16.6. The molecule has 0 radical (unpaired) electrons. The fourth-order valence-corrected chi connectivity index (χ4v) is 2.74. The number of hydrogen-bond acceptors (Lipinski definition) is 5. The molecule has 6 nitrogen and oxygen atoms in total. The van der Waals surface area contributed by atoms with Gasteiger partial charge in [0.25, 0.3) is 0 Å². The molecule has 1 heterocycles. The Labute approximate surface area is 170 Å². The SMILES string of the molecule is CC[C@@](C)(Oc1ccc(OCCCc2cc(-c3ccccc3)no2)cc1)C(=O)O. The zero-order valence-corrected chi connectivity index (χ0v) is 16.6. The number of carboxylic acid groups (broad SMARTS) is 1. The molecule has 3 rings (SSSR count). The Morgan fingerprint density at radius 2 is 1.79 bits per heavy atom. The molecule has 0 saturated carbocycles. The van der Waals surface area contributed by atoms with Crippen LogP contribution < -0.4 is 9.47 Å². The normalized spacial score (nSPS) is 12.9. The molecule has 1 atom stereocenters. The minimum absolute atomic E-state index is 0.369. The van der Waals surface area contributed by atoms with Crippen LogP contribution in [0, 0.1) is 0 Å². The Balaban J connectivity index is 1.45. The van der Waals surface area contributed by atoms with E-state index in [1.807, 2.05) is 36.4 Å². The lowest BCUT2D eigenvalue weighted by molar-refractivity contribution is -0.154. The first-order chi connectivity index (χ1) is 14.0. The molecule has 0 aliphatic rings. The Hall–Kier alpha value is -3.28. The van der Waals surface area contributed by atoms with Gasteiger partial charge in [0.2, 0.25) is 5.60 Å². The molecule has 1 aromatic heterocycles. The third-order valence-electron chi connectivity index (χ3n) is 4.76. The number of nitrogens with zero attached hydrogens (tertiary/aromatic N) is 1. The molecule has 0 spiro atoms. The van der Waals surface area contributed by atoms with Crippen LogP contribution in [0.4, 0.5) is 0 Å². The van der Waals surface area contributed by atoms with Crippen molar-refractivity contribution in [2.24, 2.45) is 0 Å². The van der Waals surface area contributed by atoms with Gasteiger partial charge in [-0.15, -0.1) is 0 Å². The van der Waals surface area contributed by atoms with E-state index in [0.717, 1.165) is 29.9 Å². The second kappa shape index (κ2) is 9.28. The third-order valence-corrected chi connectivity index (χ3v) is 4.76. The van der Waals surface area contributed by atoms with E-state index in [-0.39, 0.29) is 0 Å². The minimum Gasteiger partial charge on any atom is -0.494 e. The van der Waals surface area contributed by atoms with Crippen LogP contribution in [0.15, 0.2) is 65.2 Å². The Kier molecular flexibility index (Phi) is 6.54. The monoisotopic (exact) mass is 395 g/mol. The first-order valence-electron chi connectivity index (χ1n) is 9.66. The molecule has 0 aliphatic heterocycles. The summed E-state index contributed by atoms with van der Waals surface area (Å²) in [5, 5.41) is 13.4. The number of hydrogen-bond donors (Lipinski definition) is 1. The van der Waals surface area contributed by atoms with E-state index in [1.165, 1.54) is 0 Å². The summed E-state index contributed by atoms with van der Waals surface area (Å²) in [5.41, 5.74) is 0.624. The van der Waals surface area contributed by atoms with Gasteiger partial charge in [-0.1, -0.05) is 42.4 Å². The molecule has 1 N–H and O–H groups in total. The van der Waals surface area contributed by atoms with Crippen molar-refractivity contribution < 1.29 is 23.9 Å². The summed E-state index contributed by atoms with van der Waals surface area (Å²) in [6.45, 7) is 3.87. The highest BCUT2D eigenvalue weighted by molar-refractivity contribution is 5.77. The number of aryl methyl sites for hydroxylation is 1. The smallest absolute Gasteiger partial charge is 0.347 e. The van der Waals surface area contributed by atoms with Crippen LogP contribution in [-0.2, 0) is 11.2 Å². The first-order valence-corrected chi connectivity index (χ1v) is 9.66. The van der Waals surface area contributed by atoms with Crippen LogP contribution >= 0.6 is 0 Å². The summed E-state index contributed by atoms with van der Waals surface area (Å²) in [7, 11) is 0. The number of aliphatic carboxylic acids is 1. The fourth-order valence-electron chi connectivity index (χ4n) is 2.74. The molecule has 0 unspecified atom stereocenters. The van der Waals surface area contributed by atoms with Crippen LogP contribution in [0.1, 0.15) is 32.4 Å². The predicted molar refractivity (Wildman–Crippen MR) is 109 cm³/mol. The van der Waals surface area contributed by atoms with E-state index >= 15 is 0 Å². The molecule has 6 heteroatoms. The summed E-state index contributed by atoms with van der Waals surface area (Å²) < 4.78 is 16.8. The average molecular weight is 395 g/mol. The van der Waals surface area contributed by atoms with Crippen molar-refractivity contribution >= 4 is 5.97 Å². The van der Waals surface area contributed by atoms with Gasteiger partial charge in [-0.3, -0.25) is 0 Å². The van der Waals surface area contributed by atoms with Crippen molar-refractivity contribution in [3.8, 4) is 22.8 Å². The van der Waals surface area contributed by atoms with E-state index in [4.69, 9.17) is 14.0 Å². The van der Waals surface area contributed by atoms with Gasteiger partial charge in [0.1, 0.15) is 23.0 Å². The summed E-state index contributed by atoms with van der Waals surface area (Å²) in [5.74, 6) is 1.04. The third kappa shape index (κ3) is 5.38. The fraction of sp³-hybridized carbons (Fsp3) is 0.304. The van der Waals surface area contributed by atoms with E-state index in [0.29, 0.717) is 24.5 Å². The molecular weight excluding hydrogens is 370 g/mol. The van der Waals surface area contributed by atoms with Gasteiger partial charge < -0.3 is 19.1 Å². The summed E-state index contributed by atoms with van der Waals surface area (Å²) in [6.07, 6.45) is 1.89. The number of ether oxygens (including phenoxy) is 2. The Morgan fingerprint density at radius 3 is 2.45 bits per heavy atom. The maximum Gasteiger partial charge on any atom is 0.347 e. The van der Waals surface area contributed by atoms with E-state index in [2.05, 4.69) is 5.16 Å². The highest BCUT2D eigenvalue weighted by Gasteiger charge is 2.33. The van der Waals surface area contributed by atoms with Crippen molar-refractivity contribution in [2.75, 3.05) is 6.61 Å². The molecule has 29 heavy (non-hydrogen) atoms. The Morgan fingerprint density at radius 1 is 1.10 bits per heavy atom. The van der Waals surface area contributed by atoms with Crippen molar-refractivity contribution in [2.45, 2.75) is 38.7 Å². The lowest BCUT2D eigenvalue weighted by Gasteiger charge is -2.24. The van der Waals surface area contributed by atoms with Gasteiger partial charge in [0, 0.05) is 18.1 Å². The number of rotatable bonds is 10. The second-order valence-corrected chi connectivity index (χ2v) is 6.96. The summed E-state index contributed by atoms with van der Waals surface area (Å²) >= 11 is 0. The molecule has 152 valence electrons. The standard InChI is InChI=1S/C23H25NO5/c1-3-23(2,22(25)26)28-19-13-11-18(12-14-19)27-15-7-10-20-16-21(24-29-20)17-8-5-4-6-9-17/h4-6,8-9,11-14,16H,3,7,10,15H2,1-2H3,(H,25,26)/t23-/m1/s1. The zero-order chi connectivity index (χ0) is 20.7. The van der Waals surface area contributed by atoms with Crippen molar-refractivity contribution in [1.29, 1.82) is 0 Å². The van der Waals surface area contributed by atoms with Crippen LogP contribution in [-0.4, -0.2) is 28.4 Å². The molecule has 3 aromatic rings. The van der Waals surface area contributed by atoms with Gasteiger partial charge >= 0.3 is 5.97 Å². The van der Waals surface area contributed by atoms with Gasteiger partial charge in [0.15, 0.2) is 0 Å².